The third kappa shape index (κ3) is 1.75. The fourth-order valence-corrected chi connectivity index (χ4v) is 1.99. The highest BCUT2D eigenvalue weighted by atomic mass is 32.1. The number of fused-ring (bicyclic) bond motifs is 1. The summed E-state index contributed by atoms with van der Waals surface area (Å²) in [4.78, 5) is 15.2. The lowest BCUT2D eigenvalue weighted by atomic mass is 10.1. The van der Waals surface area contributed by atoms with Crippen LogP contribution in [0.4, 0.5) is 0 Å². The number of hydrogen-bond acceptors (Lipinski definition) is 4. The zero-order valence-electron chi connectivity index (χ0n) is 7.69. The van der Waals surface area contributed by atoms with Gasteiger partial charge in [0.25, 0.3) is 0 Å². The summed E-state index contributed by atoms with van der Waals surface area (Å²) in [7, 11) is 1.40. The summed E-state index contributed by atoms with van der Waals surface area (Å²) in [5.74, 6) is -0.214. The summed E-state index contributed by atoms with van der Waals surface area (Å²) in [5, 5.41) is 0. The molecule has 0 saturated carbocycles. The molecule has 2 rings (SSSR count). The SMILES string of the molecule is COC(=O)Cc1ccc2ncsc2c1. The summed E-state index contributed by atoms with van der Waals surface area (Å²) in [6.07, 6.45) is 0.324. The second-order valence-corrected chi connectivity index (χ2v) is 3.79. The lowest BCUT2D eigenvalue weighted by Gasteiger charge is -1.99. The third-order valence-corrected chi connectivity index (χ3v) is 2.76. The molecule has 4 heteroatoms. The van der Waals surface area contributed by atoms with E-state index < -0.39 is 0 Å². The van der Waals surface area contributed by atoms with Crippen molar-refractivity contribution in [3.8, 4) is 0 Å². The van der Waals surface area contributed by atoms with Crippen LogP contribution in [-0.4, -0.2) is 18.1 Å². The molecule has 0 radical (unpaired) electrons. The van der Waals surface area contributed by atoms with E-state index in [-0.39, 0.29) is 5.97 Å². The van der Waals surface area contributed by atoms with E-state index in [1.54, 1.807) is 16.8 Å². The standard InChI is InChI=1S/C10H9NO2S/c1-13-10(12)5-7-2-3-8-9(4-7)14-6-11-8/h2-4,6H,5H2,1H3. The van der Waals surface area contributed by atoms with E-state index >= 15 is 0 Å². The van der Waals surface area contributed by atoms with E-state index in [0.29, 0.717) is 6.42 Å². The van der Waals surface area contributed by atoms with Gasteiger partial charge >= 0.3 is 5.97 Å². The Morgan fingerprint density at radius 1 is 1.57 bits per heavy atom. The number of carbonyl (C=O) groups excluding carboxylic acids is 1. The zero-order valence-corrected chi connectivity index (χ0v) is 8.50. The van der Waals surface area contributed by atoms with Crippen LogP contribution in [0.3, 0.4) is 0 Å². The fourth-order valence-electron chi connectivity index (χ4n) is 1.25. The molecule has 3 nitrogen and oxygen atoms in total. The van der Waals surface area contributed by atoms with Crippen molar-refractivity contribution in [1.82, 2.24) is 4.98 Å². The maximum atomic E-state index is 11.0. The van der Waals surface area contributed by atoms with Gasteiger partial charge in [0.15, 0.2) is 0 Å². The highest BCUT2D eigenvalue weighted by molar-refractivity contribution is 7.16. The number of hydrogen-bond donors (Lipinski definition) is 0. The van der Waals surface area contributed by atoms with E-state index in [0.717, 1.165) is 15.8 Å². The van der Waals surface area contributed by atoms with Gasteiger partial charge in [-0.05, 0) is 17.7 Å². The maximum absolute atomic E-state index is 11.0. The van der Waals surface area contributed by atoms with Crippen LogP contribution in [0, 0.1) is 0 Å². The molecule has 0 bridgehead atoms. The molecular weight excluding hydrogens is 198 g/mol. The molecule has 0 atom stereocenters. The fraction of sp³-hybridized carbons (Fsp3) is 0.200. The van der Waals surface area contributed by atoms with Gasteiger partial charge in [0.1, 0.15) is 0 Å². The molecule has 0 N–H and O–H groups in total. The van der Waals surface area contributed by atoms with Gasteiger partial charge in [0.2, 0.25) is 0 Å². The Bertz CT molecular complexity index is 464. The van der Waals surface area contributed by atoms with Crippen molar-refractivity contribution in [2.24, 2.45) is 0 Å². The monoisotopic (exact) mass is 207 g/mol. The van der Waals surface area contributed by atoms with E-state index in [9.17, 15) is 4.79 Å². The summed E-state index contributed by atoms with van der Waals surface area (Å²) in [6, 6.07) is 5.80. The Morgan fingerprint density at radius 2 is 2.43 bits per heavy atom. The summed E-state index contributed by atoms with van der Waals surface area (Å²) in [6.45, 7) is 0. The Balaban J connectivity index is 2.30. The summed E-state index contributed by atoms with van der Waals surface area (Å²) >= 11 is 1.57. The van der Waals surface area contributed by atoms with Crippen LogP contribution in [0.25, 0.3) is 10.2 Å². The van der Waals surface area contributed by atoms with Crippen molar-refractivity contribution in [2.75, 3.05) is 7.11 Å². The number of rotatable bonds is 2. The van der Waals surface area contributed by atoms with Gasteiger partial charge in [-0.15, -0.1) is 11.3 Å². The number of benzene rings is 1. The molecule has 0 fully saturated rings. The van der Waals surface area contributed by atoms with Crippen LogP contribution < -0.4 is 0 Å². The van der Waals surface area contributed by atoms with Crippen LogP contribution in [-0.2, 0) is 16.0 Å². The Morgan fingerprint density at radius 3 is 3.21 bits per heavy atom. The van der Waals surface area contributed by atoms with E-state index in [1.165, 1.54) is 7.11 Å². The summed E-state index contributed by atoms with van der Waals surface area (Å²) < 4.78 is 5.70. The molecular formula is C10H9NO2S. The second-order valence-electron chi connectivity index (χ2n) is 2.91. The molecule has 1 aromatic heterocycles. The molecule has 1 aromatic carbocycles. The molecule has 0 unspecified atom stereocenters. The first-order valence-electron chi connectivity index (χ1n) is 4.18. The predicted octanol–water partition coefficient (Wildman–Crippen LogP) is 2.01. The van der Waals surface area contributed by atoms with Gasteiger partial charge in [0, 0.05) is 0 Å². The first-order valence-corrected chi connectivity index (χ1v) is 5.06. The van der Waals surface area contributed by atoms with Crippen LogP contribution in [0.1, 0.15) is 5.56 Å². The number of nitrogens with zero attached hydrogens (tertiary/aromatic N) is 1. The zero-order chi connectivity index (χ0) is 9.97. The number of aromatic nitrogens is 1. The highest BCUT2D eigenvalue weighted by Gasteiger charge is 2.04. The van der Waals surface area contributed by atoms with Crippen molar-refractivity contribution in [3.05, 3.63) is 29.3 Å². The predicted molar refractivity (Wildman–Crippen MR) is 55.3 cm³/mol. The number of thiazole rings is 1. The molecule has 72 valence electrons. The number of carbonyl (C=O) groups is 1. The quantitative estimate of drug-likeness (QED) is 0.707. The van der Waals surface area contributed by atoms with Gasteiger partial charge in [0.05, 0.1) is 29.3 Å². The van der Waals surface area contributed by atoms with Crippen LogP contribution in [0.2, 0.25) is 0 Å². The molecule has 0 saturated heterocycles. The van der Waals surface area contributed by atoms with Gasteiger partial charge in [-0.1, -0.05) is 6.07 Å². The van der Waals surface area contributed by atoms with Crippen LogP contribution in [0.5, 0.6) is 0 Å². The van der Waals surface area contributed by atoms with E-state index in [1.807, 2.05) is 18.2 Å². The van der Waals surface area contributed by atoms with Crippen molar-refractivity contribution in [1.29, 1.82) is 0 Å². The minimum absolute atomic E-state index is 0.214. The molecule has 0 aliphatic rings. The van der Waals surface area contributed by atoms with E-state index in [4.69, 9.17) is 0 Å². The van der Waals surface area contributed by atoms with Gasteiger partial charge in [-0.25, -0.2) is 4.98 Å². The van der Waals surface area contributed by atoms with Crippen LogP contribution in [0.15, 0.2) is 23.7 Å². The van der Waals surface area contributed by atoms with Crippen LogP contribution >= 0.6 is 11.3 Å². The maximum Gasteiger partial charge on any atom is 0.309 e. The smallest absolute Gasteiger partial charge is 0.309 e. The van der Waals surface area contributed by atoms with Gasteiger partial charge in [-0.3, -0.25) is 4.79 Å². The lowest BCUT2D eigenvalue weighted by Crippen LogP contribution is -2.03. The molecule has 2 aromatic rings. The van der Waals surface area contributed by atoms with Gasteiger partial charge < -0.3 is 4.74 Å². The molecule has 0 aliphatic carbocycles. The molecule has 0 spiro atoms. The molecule has 14 heavy (non-hydrogen) atoms. The number of esters is 1. The molecule has 0 amide bonds. The normalized spacial score (nSPS) is 10.4. The number of ether oxygens (including phenoxy) is 1. The minimum atomic E-state index is -0.214. The molecule has 0 aliphatic heterocycles. The Hall–Kier alpha value is -1.42. The van der Waals surface area contributed by atoms with Crippen molar-refractivity contribution >= 4 is 27.5 Å². The Labute approximate surface area is 85.3 Å². The van der Waals surface area contributed by atoms with Crippen molar-refractivity contribution in [3.63, 3.8) is 0 Å². The highest BCUT2D eigenvalue weighted by Crippen LogP contribution is 2.19. The Kier molecular flexibility index (Phi) is 2.45. The molecule has 1 heterocycles. The van der Waals surface area contributed by atoms with Crippen molar-refractivity contribution in [2.45, 2.75) is 6.42 Å². The average Bonchev–Trinajstić information content (AvgIpc) is 2.64. The third-order valence-electron chi connectivity index (χ3n) is 1.97. The lowest BCUT2D eigenvalue weighted by molar-refractivity contribution is -0.139. The topological polar surface area (TPSA) is 39.2 Å². The average molecular weight is 207 g/mol. The summed E-state index contributed by atoms with van der Waals surface area (Å²) in [5.41, 5.74) is 3.74. The van der Waals surface area contributed by atoms with Gasteiger partial charge in [-0.2, -0.15) is 0 Å². The minimum Gasteiger partial charge on any atom is -0.469 e. The second kappa shape index (κ2) is 3.75. The number of methoxy groups -OCH3 is 1. The largest absolute Gasteiger partial charge is 0.469 e. The first kappa shape index (κ1) is 9.15. The van der Waals surface area contributed by atoms with E-state index in [2.05, 4.69) is 9.72 Å². The van der Waals surface area contributed by atoms with Crippen molar-refractivity contribution < 1.29 is 9.53 Å². The first-order chi connectivity index (χ1) is 6.79.